The number of benzene rings is 1. The van der Waals surface area contributed by atoms with Crippen molar-refractivity contribution in [3.8, 4) is 0 Å². The summed E-state index contributed by atoms with van der Waals surface area (Å²) in [5.74, 6) is -0.934. The maximum atomic E-state index is 11.8. The highest BCUT2D eigenvalue weighted by Gasteiger charge is 2.27. The third-order valence-electron chi connectivity index (χ3n) is 3.89. The molecule has 22 heavy (non-hydrogen) atoms. The van der Waals surface area contributed by atoms with Gasteiger partial charge in [-0.05, 0) is 31.7 Å². The Labute approximate surface area is 130 Å². The zero-order chi connectivity index (χ0) is 15.9. The summed E-state index contributed by atoms with van der Waals surface area (Å²) >= 11 is 0. The smallest absolute Gasteiger partial charge is 0.309 e. The molecule has 0 spiro atoms. The molecule has 2 rings (SSSR count). The highest BCUT2D eigenvalue weighted by Crippen LogP contribution is 2.27. The van der Waals surface area contributed by atoms with Crippen molar-refractivity contribution in [2.24, 2.45) is 5.92 Å². The van der Waals surface area contributed by atoms with Gasteiger partial charge in [-0.1, -0.05) is 36.8 Å². The van der Waals surface area contributed by atoms with E-state index in [1.54, 1.807) is 0 Å². The predicted molar refractivity (Wildman–Crippen MR) is 81.1 cm³/mol. The Morgan fingerprint density at radius 1 is 1.23 bits per heavy atom. The van der Waals surface area contributed by atoms with E-state index in [2.05, 4.69) is 5.32 Å². The van der Waals surface area contributed by atoms with E-state index in [0.717, 1.165) is 24.8 Å². The van der Waals surface area contributed by atoms with Crippen molar-refractivity contribution in [3.05, 3.63) is 35.9 Å². The fraction of sp³-hybridized carbons (Fsp3) is 0.471. The van der Waals surface area contributed by atoms with E-state index in [4.69, 9.17) is 4.74 Å². The molecule has 0 radical (unpaired) electrons. The van der Waals surface area contributed by atoms with Gasteiger partial charge in [0.15, 0.2) is 12.4 Å². The molecule has 0 heterocycles. The highest BCUT2D eigenvalue weighted by atomic mass is 16.5. The lowest BCUT2D eigenvalue weighted by Gasteiger charge is -2.23. The largest absolute Gasteiger partial charge is 0.455 e. The molecule has 118 valence electrons. The lowest BCUT2D eigenvalue weighted by atomic mass is 9.86. The van der Waals surface area contributed by atoms with Crippen LogP contribution in [0.2, 0.25) is 0 Å². The molecule has 1 N–H and O–H groups in total. The van der Waals surface area contributed by atoms with Crippen LogP contribution in [0, 0.1) is 5.92 Å². The lowest BCUT2D eigenvalue weighted by Crippen LogP contribution is -2.43. The van der Waals surface area contributed by atoms with Gasteiger partial charge in [0, 0.05) is 0 Å². The molecule has 5 nitrogen and oxygen atoms in total. The van der Waals surface area contributed by atoms with Gasteiger partial charge in [-0.15, -0.1) is 0 Å². The SMILES string of the molecule is CC(=O)[C@H](Cc1ccccc1)NC(=O)COC(=O)C1CCC1. The Hall–Kier alpha value is -2.17. The van der Waals surface area contributed by atoms with Gasteiger partial charge in [-0.3, -0.25) is 14.4 Å². The summed E-state index contributed by atoms with van der Waals surface area (Å²) in [4.78, 5) is 35.1. The van der Waals surface area contributed by atoms with Gasteiger partial charge in [-0.2, -0.15) is 0 Å². The normalized spacial score (nSPS) is 15.5. The quantitative estimate of drug-likeness (QED) is 0.777. The molecule has 5 heteroatoms. The van der Waals surface area contributed by atoms with E-state index in [0.29, 0.717) is 6.42 Å². The number of hydrogen-bond acceptors (Lipinski definition) is 4. The van der Waals surface area contributed by atoms with E-state index in [1.165, 1.54) is 6.92 Å². The van der Waals surface area contributed by atoms with Gasteiger partial charge >= 0.3 is 5.97 Å². The summed E-state index contributed by atoms with van der Waals surface area (Å²) < 4.78 is 4.98. The van der Waals surface area contributed by atoms with Crippen LogP contribution in [-0.2, 0) is 25.5 Å². The average molecular weight is 303 g/mol. The summed E-state index contributed by atoms with van der Waals surface area (Å²) in [6.07, 6.45) is 3.14. The third kappa shape index (κ3) is 4.69. The lowest BCUT2D eigenvalue weighted by molar-refractivity contribution is -0.155. The van der Waals surface area contributed by atoms with Crippen LogP contribution in [0.3, 0.4) is 0 Å². The molecule has 0 aromatic heterocycles. The summed E-state index contributed by atoms with van der Waals surface area (Å²) in [5.41, 5.74) is 0.967. The minimum absolute atomic E-state index is 0.0549. The minimum Gasteiger partial charge on any atom is -0.455 e. The molecule has 1 fully saturated rings. The van der Waals surface area contributed by atoms with Crippen molar-refractivity contribution in [2.45, 2.75) is 38.6 Å². The number of rotatable bonds is 7. The van der Waals surface area contributed by atoms with E-state index < -0.39 is 11.9 Å². The Kier molecular flexibility index (Phi) is 5.69. The van der Waals surface area contributed by atoms with Crippen LogP contribution in [-0.4, -0.2) is 30.3 Å². The molecule has 0 bridgehead atoms. The summed E-state index contributed by atoms with van der Waals surface area (Å²) in [6.45, 7) is 1.11. The van der Waals surface area contributed by atoms with Gasteiger partial charge in [0.05, 0.1) is 12.0 Å². The molecule has 1 aromatic rings. The first-order valence-electron chi connectivity index (χ1n) is 7.56. The number of Topliss-reactive ketones (excluding diaryl/α,β-unsaturated/α-hetero) is 1. The Morgan fingerprint density at radius 2 is 1.91 bits per heavy atom. The van der Waals surface area contributed by atoms with Crippen LogP contribution in [0.15, 0.2) is 30.3 Å². The monoisotopic (exact) mass is 303 g/mol. The molecular formula is C17H21NO4. The Balaban J connectivity index is 1.80. The second kappa shape index (κ2) is 7.73. The van der Waals surface area contributed by atoms with E-state index in [9.17, 15) is 14.4 Å². The van der Waals surface area contributed by atoms with Crippen LogP contribution in [0.25, 0.3) is 0 Å². The second-order valence-electron chi connectivity index (χ2n) is 5.66. The summed E-state index contributed by atoms with van der Waals surface area (Å²) in [7, 11) is 0. The van der Waals surface area contributed by atoms with Crippen LogP contribution in [0.4, 0.5) is 0 Å². The summed E-state index contributed by atoms with van der Waals surface area (Å²) in [5, 5.41) is 2.63. The van der Waals surface area contributed by atoms with Gasteiger partial charge in [0.1, 0.15) is 0 Å². The molecule has 0 unspecified atom stereocenters. The van der Waals surface area contributed by atoms with Crippen molar-refractivity contribution < 1.29 is 19.1 Å². The second-order valence-corrected chi connectivity index (χ2v) is 5.66. The fourth-order valence-electron chi connectivity index (χ4n) is 2.28. The Bertz CT molecular complexity index is 537. The van der Waals surface area contributed by atoms with Gasteiger partial charge in [0.2, 0.25) is 0 Å². The average Bonchev–Trinajstić information content (AvgIpc) is 2.43. The molecule has 1 amide bonds. The maximum absolute atomic E-state index is 11.8. The number of nitrogens with one attached hydrogen (secondary N) is 1. The molecule has 1 aliphatic carbocycles. The molecule has 0 saturated heterocycles. The van der Waals surface area contributed by atoms with Crippen molar-refractivity contribution in [1.29, 1.82) is 0 Å². The first-order chi connectivity index (χ1) is 10.6. The van der Waals surface area contributed by atoms with Crippen LogP contribution in [0.1, 0.15) is 31.7 Å². The van der Waals surface area contributed by atoms with Gasteiger partial charge in [0.25, 0.3) is 5.91 Å². The Morgan fingerprint density at radius 3 is 2.45 bits per heavy atom. The van der Waals surface area contributed by atoms with E-state index in [1.807, 2.05) is 30.3 Å². The fourth-order valence-corrected chi connectivity index (χ4v) is 2.28. The molecule has 1 aromatic carbocycles. The van der Waals surface area contributed by atoms with Crippen molar-refractivity contribution in [2.75, 3.05) is 6.61 Å². The van der Waals surface area contributed by atoms with E-state index >= 15 is 0 Å². The van der Waals surface area contributed by atoms with Gasteiger partial charge in [-0.25, -0.2) is 0 Å². The highest BCUT2D eigenvalue weighted by molar-refractivity contribution is 5.89. The topological polar surface area (TPSA) is 72.5 Å². The molecule has 1 saturated carbocycles. The zero-order valence-corrected chi connectivity index (χ0v) is 12.7. The van der Waals surface area contributed by atoms with Crippen LogP contribution in [0.5, 0.6) is 0 Å². The molecule has 1 aliphatic rings. The van der Waals surface area contributed by atoms with Crippen LogP contribution < -0.4 is 5.32 Å². The minimum atomic E-state index is -0.600. The first kappa shape index (κ1) is 16.2. The number of amides is 1. The predicted octanol–water partition coefficient (Wildman–Crippen LogP) is 1.65. The maximum Gasteiger partial charge on any atom is 0.309 e. The standard InChI is InChI=1S/C17H21NO4/c1-12(19)15(10-13-6-3-2-4-7-13)18-16(20)11-22-17(21)14-8-5-9-14/h2-4,6-7,14-15H,5,8-11H2,1H3,(H,18,20)/t15-/m0/s1. The van der Waals surface area contributed by atoms with Crippen molar-refractivity contribution >= 4 is 17.7 Å². The molecule has 1 atom stereocenters. The van der Waals surface area contributed by atoms with Crippen molar-refractivity contribution in [3.63, 3.8) is 0 Å². The number of ketones is 1. The van der Waals surface area contributed by atoms with E-state index in [-0.39, 0.29) is 24.3 Å². The first-order valence-corrected chi connectivity index (χ1v) is 7.56. The van der Waals surface area contributed by atoms with Crippen molar-refractivity contribution in [1.82, 2.24) is 5.32 Å². The number of ether oxygens (including phenoxy) is 1. The zero-order valence-electron chi connectivity index (χ0n) is 12.7. The van der Waals surface area contributed by atoms with Gasteiger partial charge < -0.3 is 10.1 Å². The molecule has 0 aliphatic heterocycles. The summed E-state index contributed by atoms with van der Waals surface area (Å²) in [6, 6.07) is 8.86. The number of esters is 1. The number of carbonyl (C=O) groups is 3. The number of carbonyl (C=O) groups excluding carboxylic acids is 3. The molecular weight excluding hydrogens is 282 g/mol. The number of hydrogen-bond donors (Lipinski definition) is 1. The van der Waals surface area contributed by atoms with Crippen LogP contribution >= 0.6 is 0 Å². The third-order valence-corrected chi connectivity index (χ3v) is 3.89.